The van der Waals surface area contributed by atoms with Crippen LogP contribution in [-0.4, -0.2) is 29.1 Å². The molecular weight excluding hydrogens is 396 g/mol. The van der Waals surface area contributed by atoms with Crippen molar-refractivity contribution in [2.24, 2.45) is 0 Å². The number of hydrogen-bond donors (Lipinski definition) is 3. The summed E-state index contributed by atoms with van der Waals surface area (Å²) in [7, 11) is 1.61. The smallest absolute Gasteiger partial charge is 0.266 e. The molecule has 0 saturated carbocycles. The molecule has 0 atom stereocenters. The van der Waals surface area contributed by atoms with E-state index in [0.29, 0.717) is 32.3 Å². The van der Waals surface area contributed by atoms with E-state index in [2.05, 4.69) is 20.8 Å². The lowest BCUT2D eigenvalue weighted by Crippen LogP contribution is -2.21. The van der Waals surface area contributed by atoms with E-state index in [1.165, 1.54) is 22.7 Å². The van der Waals surface area contributed by atoms with Crippen LogP contribution >= 0.6 is 22.7 Å². The zero-order valence-corrected chi connectivity index (χ0v) is 16.4. The number of ether oxygens (including phenoxy) is 1. The molecule has 0 radical (unpaired) electrons. The van der Waals surface area contributed by atoms with Crippen LogP contribution in [0.3, 0.4) is 0 Å². The SMILES string of the molecule is COc1ccc(CNC(=O)c2cc3c(NC(=O)c4cccs4)[nH]nc3s2)cc1. The maximum atomic E-state index is 12.5. The second-order valence-electron chi connectivity index (χ2n) is 5.89. The molecule has 0 spiro atoms. The van der Waals surface area contributed by atoms with Gasteiger partial charge in [-0.3, -0.25) is 14.7 Å². The zero-order valence-electron chi connectivity index (χ0n) is 14.8. The molecule has 0 fully saturated rings. The first-order chi connectivity index (χ1) is 13.6. The Bertz CT molecular complexity index is 1110. The van der Waals surface area contributed by atoms with Gasteiger partial charge in [-0.1, -0.05) is 18.2 Å². The number of amides is 2. The van der Waals surface area contributed by atoms with Gasteiger partial charge in [0.05, 0.1) is 22.3 Å². The van der Waals surface area contributed by atoms with E-state index in [4.69, 9.17) is 4.74 Å². The summed E-state index contributed by atoms with van der Waals surface area (Å²) in [6.07, 6.45) is 0. The molecule has 0 saturated heterocycles. The van der Waals surface area contributed by atoms with E-state index < -0.39 is 0 Å². The molecule has 28 heavy (non-hydrogen) atoms. The predicted molar refractivity (Wildman–Crippen MR) is 110 cm³/mol. The predicted octanol–water partition coefficient (Wildman–Crippen LogP) is 3.88. The molecule has 3 heterocycles. The number of carbonyl (C=O) groups is 2. The number of benzene rings is 1. The van der Waals surface area contributed by atoms with Gasteiger partial charge in [-0.05, 0) is 35.2 Å². The van der Waals surface area contributed by atoms with E-state index in [0.717, 1.165) is 11.3 Å². The highest BCUT2D eigenvalue weighted by Gasteiger charge is 2.17. The van der Waals surface area contributed by atoms with Gasteiger partial charge in [0.25, 0.3) is 11.8 Å². The van der Waals surface area contributed by atoms with Crippen molar-refractivity contribution in [2.75, 3.05) is 12.4 Å². The van der Waals surface area contributed by atoms with Crippen molar-refractivity contribution in [3.63, 3.8) is 0 Å². The highest BCUT2D eigenvalue weighted by Crippen LogP contribution is 2.29. The van der Waals surface area contributed by atoms with Crippen LogP contribution in [0.15, 0.2) is 47.8 Å². The molecule has 142 valence electrons. The molecule has 0 bridgehead atoms. The fraction of sp³-hybridized carbons (Fsp3) is 0.105. The largest absolute Gasteiger partial charge is 0.497 e. The van der Waals surface area contributed by atoms with Crippen molar-refractivity contribution < 1.29 is 14.3 Å². The fourth-order valence-corrected chi connectivity index (χ4v) is 4.14. The average molecular weight is 412 g/mol. The number of hydrogen-bond acceptors (Lipinski definition) is 6. The van der Waals surface area contributed by atoms with Gasteiger partial charge in [0.1, 0.15) is 16.4 Å². The van der Waals surface area contributed by atoms with E-state index >= 15 is 0 Å². The number of anilines is 1. The molecule has 3 N–H and O–H groups in total. The lowest BCUT2D eigenvalue weighted by atomic mass is 10.2. The van der Waals surface area contributed by atoms with E-state index in [1.807, 2.05) is 35.7 Å². The van der Waals surface area contributed by atoms with Gasteiger partial charge >= 0.3 is 0 Å². The number of nitrogens with one attached hydrogen (secondary N) is 3. The van der Waals surface area contributed by atoms with E-state index in [9.17, 15) is 9.59 Å². The molecular formula is C19H16N4O3S2. The summed E-state index contributed by atoms with van der Waals surface area (Å²) in [5.41, 5.74) is 0.972. The highest BCUT2D eigenvalue weighted by atomic mass is 32.1. The molecule has 9 heteroatoms. The highest BCUT2D eigenvalue weighted by molar-refractivity contribution is 7.20. The number of methoxy groups -OCH3 is 1. The molecule has 1 aromatic carbocycles. The van der Waals surface area contributed by atoms with E-state index in [-0.39, 0.29) is 11.8 Å². The number of H-pyrrole nitrogens is 1. The van der Waals surface area contributed by atoms with Gasteiger partial charge in [0.15, 0.2) is 0 Å². The number of thiophene rings is 2. The van der Waals surface area contributed by atoms with Crippen LogP contribution in [0.4, 0.5) is 5.82 Å². The van der Waals surface area contributed by atoms with Crippen LogP contribution in [0.25, 0.3) is 10.2 Å². The Labute approximate surface area is 168 Å². The lowest BCUT2D eigenvalue weighted by Gasteiger charge is -2.05. The number of aromatic nitrogens is 2. The summed E-state index contributed by atoms with van der Waals surface area (Å²) in [5.74, 6) is 0.858. The third-order valence-corrected chi connectivity index (χ3v) is 5.97. The third kappa shape index (κ3) is 3.75. The van der Waals surface area contributed by atoms with Crippen molar-refractivity contribution in [2.45, 2.75) is 6.54 Å². The van der Waals surface area contributed by atoms with Crippen LogP contribution in [0, 0.1) is 0 Å². The van der Waals surface area contributed by atoms with Crippen molar-refractivity contribution >= 4 is 50.5 Å². The van der Waals surface area contributed by atoms with Gasteiger partial charge in [-0.2, -0.15) is 5.10 Å². The maximum Gasteiger partial charge on any atom is 0.266 e. The van der Waals surface area contributed by atoms with E-state index in [1.54, 1.807) is 19.2 Å². The molecule has 0 unspecified atom stereocenters. The summed E-state index contributed by atoms with van der Waals surface area (Å²) in [6, 6.07) is 12.8. The Morgan fingerprint density at radius 2 is 1.96 bits per heavy atom. The van der Waals surface area contributed by atoms with Gasteiger partial charge < -0.3 is 15.4 Å². The molecule has 0 aliphatic carbocycles. The van der Waals surface area contributed by atoms with Crippen molar-refractivity contribution in [1.29, 1.82) is 0 Å². The molecule has 4 aromatic rings. The molecule has 0 aliphatic rings. The van der Waals surface area contributed by atoms with Gasteiger partial charge in [-0.15, -0.1) is 22.7 Å². The standard InChI is InChI=1S/C19H16N4O3S2/c1-26-12-6-4-11(5-7-12)10-20-17(24)15-9-13-16(22-23-19(13)28-15)21-18(25)14-3-2-8-27-14/h2-9H,10H2,1H3,(H,20,24)(H2,21,22,23,25). The normalized spacial score (nSPS) is 10.8. The van der Waals surface area contributed by atoms with Crippen molar-refractivity contribution in [1.82, 2.24) is 15.5 Å². The molecule has 3 aromatic heterocycles. The molecule has 4 rings (SSSR count). The zero-order chi connectivity index (χ0) is 19.5. The Morgan fingerprint density at radius 3 is 2.68 bits per heavy atom. The number of aromatic amines is 1. The van der Waals surface area contributed by atoms with Crippen LogP contribution in [0.2, 0.25) is 0 Å². The second kappa shape index (κ2) is 7.83. The number of fused-ring (bicyclic) bond motifs is 1. The summed E-state index contributed by atoms with van der Waals surface area (Å²) in [6.45, 7) is 0.409. The Balaban J connectivity index is 1.44. The Kier molecular flexibility index (Phi) is 5.09. The van der Waals surface area contributed by atoms with Crippen LogP contribution in [0.5, 0.6) is 5.75 Å². The lowest BCUT2D eigenvalue weighted by molar-refractivity contribution is 0.0954. The fourth-order valence-electron chi connectivity index (χ4n) is 2.61. The maximum absolute atomic E-state index is 12.5. The number of rotatable bonds is 6. The quantitative estimate of drug-likeness (QED) is 0.448. The first kappa shape index (κ1) is 18.2. The Morgan fingerprint density at radius 1 is 1.14 bits per heavy atom. The minimum absolute atomic E-state index is 0.186. The summed E-state index contributed by atoms with van der Waals surface area (Å²) < 4.78 is 5.13. The summed E-state index contributed by atoms with van der Waals surface area (Å²) in [4.78, 5) is 26.5. The van der Waals surface area contributed by atoms with Gasteiger partial charge in [0, 0.05) is 6.54 Å². The Hall–Kier alpha value is -3.17. The summed E-state index contributed by atoms with van der Waals surface area (Å²) >= 11 is 2.63. The molecule has 7 nitrogen and oxygen atoms in total. The minimum atomic E-state index is -0.211. The second-order valence-corrected chi connectivity index (χ2v) is 7.87. The first-order valence-corrected chi connectivity index (χ1v) is 10.1. The van der Waals surface area contributed by atoms with Crippen LogP contribution in [0.1, 0.15) is 24.9 Å². The van der Waals surface area contributed by atoms with Crippen LogP contribution in [-0.2, 0) is 6.54 Å². The third-order valence-electron chi connectivity index (χ3n) is 4.07. The summed E-state index contributed by atoms with van der Waals surface area (Å²) in [5, 5.41) is 15.2. The van der Waals surface area contributed by atoms with Gasteiger partial charge in [-0.25, -0.2) is 0 Å². The number of carbonyl (C=O) groups excluding carboxylic acids is 2. The minimum Gasteiger partial charge on any atom is -0.497 e. The van der Waals surface area contributed by atoms with Crippen molar-refractivity contribution in [3.05, 3.63) is 63.2 Å². The number of nitrogens with zero attached hydrogens (tertiary/aromatic N) is 1. The van der Waals surface area contributed by atoms with Crippen LogP contribution < -0.4 is 15.4 Å². The average Bonchev–Trinajstić information content (AvgIpc) is 3.45. The first-order valence-electron chi connectivity index (χ1n) is 8.38. The van der Waals surface area contributed by atoms with Crippen molar-refractivity contribution in [3.8, 4) is 5.75 Å². The van der Waals surface area contributed by atoms with Gasteiger partial charge in [0.2, 0.25) is 0 Å². The molecule has 2 amide bonds. The molecule has 0 aliphatic heterocycles. The topological polar surface area (TPSA) is 96.1 Å². The monoisotopic (exact) mass is 412 g/mol.